The van der Waals surface area contributed by atoms with Crippen molar-refractivity contribution in [2.24, 2.45) is 0 Å². The maximum absolute atomic E-state index is 12.1. The lowest BCUT2D eigenvalue weighted by molar-refractivity contribution is 0.201. The number of oxazole rings is 1. The predicted molar refractivity (Wildman–Crippen MR) is 104 cm³/mol. The Labute approximate surface area is 155 Å². The van der Waals surface area contributed by atoms with Gasteiger partial charge in [0.1, 0.15) is 5.82 Å². The van der Waals surface area contributed by atoms with E-state index in [1.807, 2.05) is 18.2 Å². The van der Waals surface area contributed by atoms with E-state index in [0.29, 0.717) is 17.9 Å². The van der Waals surface area contributed by atoms with Gasteiger partial charge in [-0.25, -0.2) is 19.3 Å². The molecule has 0 spiro atoms. The lowest BCUT2D eigenvalue weighted by Crippen LogP contribution is -2.47. The average molecular weight is 361 g/mol. The molecule has 3 aromatic heterocycles. The topological polar surface area (TPSA) is 67.4 Å². The van der Waals surface area contributed by atoms with Gasteiger partial charge in [-0.15, -0.1) is 0 Å². The van der Waals surface area contributed by atoms with E-state index in [2.05, 4.69) is 33.0 Å². The highest BCUT2D eigenvalue weighted by molar-refractivity contribution is 5.80. The molecule has 0 N–H and O–H groups in total. The van der Waals surface area contributed by atoms with Gasteiger partial charge in [0.15, 0.2) is 11.2 Å². The third-order valence-corrected chi connectivity index (χ3v) is 5.05. The fraction of sp³-hybridized carbons (Fsp3) is 0.250. The molecule has 1 aliphatic heterocycles. The lowest BCUT2D eigenvalue weighted by Gasteiger charge is -2.35. The molecule has 0 bridgehead atoms. The van der Waals surface area contributed by atoms with Gasteiger partial charge in [-0.3, -0.25) is 4.90 Å². The Bertz CT molecular complexity index is 1160. The standard InChI is InChI=1S/C20H19N5O2/c26-20-25(19-17(27-20)6-3-9-21-19)14-23-10-12-24(13-11-23)18-8-7-15-4-1-2-5-16(15)22-18/h1-9H,10-14H2. The van der Waals surface area contributed by atoms with E-state index in [1.165, 1.54) is 0 Å². The molecule has 136 valence electrons. The molecule has 0 radical (unpaired) electrons. The zero-order valence-electron chi connectivity index (χ0n) is 14.8. The third-order valence-electron chi connectivity index (χ3n) is 5.05. The molecule has 27 heavy (non-hydrogen) atoms. The molecule has 0 aliphatic carbocycles. The van der Waals surface area contributed by atoms with Crippen molar-refractivity contribution < 1.29 is 4.42 Å². The average Bonchev–Trinajstić information content (AvgIpc) is 3.03. The van der Waals surface area contributed by atoms with Gasteiger partial charge in [-0.1, -0.05) is 18.2 Å². The van der Waals surface area contributed by atoms with Crippen LogP contribution in [0.4, 0.5) is 5.82 Å². The minimum atomic E-state index is -0.359. The summed E-state index contributed by atoms with van der Waals surface area (Å²) in [6.07, 6.45) is 1.68. The highest BCUT2D eigenvalue weighted by atomic mass is 16.4. The third kappa shape index (κ3) is 2.96. The molecule has 1 fully saturated rings. The van der Waals surface area contributed by atoms with E-state index in [1.54, 1.807) is 22.9 Å². The number of benzene rings is 1. The van der Waals surface area contributed by atoms with E-state index in [0.717, 1.165) is 42.9 Å². The SMILES string of the molecule is O=c1oc2cccnc2n1CN1CCN(c2ccc3ccccc3n2)CC1. The number of hydrogen-bond acceptors (Lipinski definition) is 6. The van der Waals surface area contributed by atoms with Crippen LogP contribution in [0.5, 0.6) is 0 Å². The Kier molecular flexibility index (Phi) is 3.86. The molecule has 1 aliphatic rings. The summed E-state index contributed by atoms with van der Waals surface area (Å²) in [7, 11) is 0. The Morgan fingerprint density at radius 3 is 2.70 bits per heavy atom. The normalized spacial score (nSPS) is 15.6. The van der Waals surface area contributed by atoms with Crippen molar-refractivity contribution in [2.45, 2.75) is 6.67 Å². The fourth-order valence-electron chi connectivity index (χ4n) is 3.57. The molecule has 0 atom stereocenters. The summed E-state index contributed by atoms with van der Waals surface area (Å²) in [6.45, 7) is 3.91. The minimum Gasteiger partial charge on any atom is -0.406 e. The second-order valence-corrected chi connectivity index (χ2v) is 6.73. The second-order valence-electron chi connectivity index (χ2n) is 6.73. The number of anilines is 1. The van der Waals surface area contributed by atoms with Crippen molar-refractivity contribution >= 4 is 28.0 Å². The Hall–Kier alpha value is -3.19. The number of para-hydroxylation sites is 1. The molecule has 5 rings (SSSR count). The molecule has 7 heteroatoms. The van der Waals surface area contributed by atoms with Gasteiger partial charge in [-0.05, 0) is 30.3 Å². The summed E-state index contributed by atoms with van der Waals surface area (Å²) in [5, 5.41) is 1.15. The van der Waals surface area contributed by atoms with Gasteiger partial charge >= 0.3 is 5.76 Å². The quantitative estimate of drug-likeness (QED) is 0.558. The number of hydrogen-bond donors (Lipinski definition) is 0. The maximum Gasteiger partial charge on any atom is 0.422 e. The van der Waals surface area contributed by atoms with Crippen LogP contribution in [0.3, 0.4) is 0 Å². The molecule has 0 unspecified atom stereocenters. The fourth-order valence-corrected chi connectivity index (χ4v) is 3.57. The predicted octanol–water partition coefficient (Wildman–Crippen LogP) is 2.32. The zero-order chi connectivity index (χ0) is 18.2. The van der Waals surface area contributed by atoms with Crippen LogP contribution in [-0.4, -0.2) is 45.6 Å². The first-order valence-corrected chi connectivity index (χ1v) is 9.05. The maximum atomic E-state index is 12.1. The Morgan fingerprint density at radius 2 is 1.81 bits per heavy atom. The first-order chi connectivity index (χ1) is 13.3. The molecule has 7 nitrogen and oxygen atoms in total. The van der Waals surface area contributed by atoms with Crippen LogP contribution < -0.4 is 10.7 Å². The monoisotopic (exact) mass is 361 g/mol. The van der Waals surface area contributed by atoms with Crippen LogP contribution in [-0.2, 0) is 6.67 Å². The van der Waals surface area contributed by atoms with E-state index < -0.39 is 0 Å². The number of nitrogens with zero attached hydrogens (tertiary/aromatic N) is 5. The van der Waals surface area contributed by atoms with Crippen LogP contribution in [0.15, 0.2) is 63.9 Å². The second kappa shape index (κ2) is 6.51. The van der Waals surface area contributed by atoms with Crippen molar-refractivity contribution in [3.63, 3.8) is 0 Å². The molecule has 1 aromatic carbocycles. The van der Waals surface area contributed by atoms with Gasteiger partial charge in [0.2, 0.25) is 0 Å². The van der Waals surface area contributed by atoms with Gasteiger partial charge in [-0.2, -0.15) is 0 Å². The first kappa shape index (κ1) is 16.0. The Morgan fingerprint density at radius 1 is 0.963 bits per heavy atom. The van der Waals surface area contributed by atoms with E-state index in [-0.39, 0.29) is 5.76 Å². The summed E-state index contributed by atoms with van der Waals surface area (Å²) >= 11 is 0. The van der Waals surface area contributed by atoms with Crippen molar-refractivity contribution in [3.8, 4) is 0 Å². The molecule has 0 amide bonds. The number of pyridine rings is 2. The summed E-state index contributed by atoms with van der Waals surface area (Å²) in [5.41, 5.74) is 2.14. The summed E-state index contributed by atoms with van der Waals surface area (Å²) < 4.78 is 6.87. The molecule has 0 saturated carbocycles. The van der Waals surface area contributed by atoms with Gasteiger partial charge < -0.3 is 9.32 Å². The number of piperazine rings is 1. The largest absolute Gasteiger partial charge is 0.422 e. The van der Waals surface area contributed by atoms with Crippen molar-refractivity contribution in [1.82, 2.24) is 19.4 Å². The van der Waals surface area contributed by atoms with Crippen LogP contribution in [0, 0.1) is 0 Å². The highest BCUT2D eigenvalue weighted by Crippen LogP contribution is 2.19. The van der Waals surface area contributed by atoms with Gasteiger partial charge in [0, 0.05) is 37.8 Å². The highest BCUT2D eigenvalue weighted by Gasteiger charge is 2.20. The van der Waals surface area contributed by atoms with Gasteiger partial charge in [0.05, 0.1) is 12.2 Å². The first-order valence-electron chi connectivity index (χ1n) is 9.05. The van der Waals surface area contributed by atoms with E-state index in [4.69, 9.17) is 9.40 Å². The molecule has 1 saturated heterocycles. The lowest BCUT2D eigenvalue weighted by atomic mass is 10.2. The minimum absolute atomic E-state index is 0.359. The van der Waals surface area contributed by atoms with Crippen molar-refractivity contribution in [2.75, 3.05) is 31.1 Å². The van der Waals surface area contributed by atoms with Crippen LogP contribution >= 0.6 is 0 Å². The van der Waals surface area contributed by atoms with E-state index >= 15 is 0 Å². The zero-order valence-corrected chi connectivity index (χ0v) is 14.8. The molecule has 4 heterocycles. The van der Waals surface area contributed by atoms with E-state index in [9.17, 15) is 4.79 Å². The van der Waals surface area contributed by atoms with Gasteiger partial charge in [0.25, 0.3) is 0 Å². The smallest absolute Gasteiger partial charge is 0.406 e. The number of rotatable bonds is 3. The number of fused-ring (bicyclic) bond motifs is 2. The van der Waals surface area contributed by atoms with Crippen LogP contribution in [0.2, 0.25) is 0 Å². The summed E-state index contributed by atoms with van der Waals surface area (Å²) in [6, 6.07) is 15.9. The molecular formula is C20H19N5O2. The Balaban J connectivity index is 1.31. The van der Waals surface area contributed by atoms with Crippen LogP contribution in [0.1, 0.15) is 0 Å². The summed E-state index contributed by atoms with van der Waals surface area (Å²) in [4.78, 5) is 25.7. The summed E-state index contributed by atoms with van der Waals surface area (Å²) in [5.74, 6) is 0.642. The van der Waals surface area contributed by atoms with Crippen LogP contribution in [0.25, 0.3) is 22.1 Å². The van der Waals surface area contributed by atoms with Crippen molar-refractivity contribution in [3.05, 3.63) is 65.3 Å². The number of aromatic nitrogens is 3. The van der Waals surface area contributed by atoms with Crippen molar-refractivity contribution in [1.29, 1.82) is 0 Å². The molecule has 4 aromatic rings. The molecular weight excluding hydrogens is 342 g/mol.